The largest absolute Gasteiger partial charge is 0.506 e. The molecule has 1 heterocycles. The number of phenols is 1. The van der Waals surface area contributed by atoms with Gasteiger partial charge in [0.1, 0.15) is 11.4 Å². The van der Waals surface area contributed by atoms with Gasteiger partial charge < -0.3 is 10.2 Å². The van der Waals surface area contributed by atoms with Crippen LogP contribution in [0.15, 0.2) is 30.5 Å². The number of hydrogen-bond acceptors (Lipinski definition) is 4. The van der Waals surface area contributed by atoms with Gasteiger partial charge in [-0.25, -0.2) is 4.68 Å². The second kappa shape index (κ2) is 4.32. The Morgan fingerprint density at radius 1 is 1.38 bits per heavy atom. The van der Waals surface area contributed by atoms with Crippen molar-refractivity contribution >= 4 is 0 Å². The summed E-state index contributed by atoms with van der Waals surface area (Å²) in [5.41, 5.74) is 1.27. The predicted molar refractivity (Wildman–Crippen MR) is 58.4 cm³/mol. The van der Waals surface area contributed by atoms with Gasteiger partial charge in [-0.2, -0.15) is 0 Å². The van der Waals surface area contributed by atoms with Crippen molar-refractivity contribution < 1.29 is 10.2 Å². The van der Waals surface area contributed by atoms with E-state index in [9.17, 15) is 10.2 Å². The van der Waals surface area contributed by atoms with Crippen molar-refractivity contribution in [2.75, 3.05) is 0 Å². The van der Waals surface area contributed by atoms with Gasteiger partial charge in [-0.3, -0.25) is 0 Å². The Morgan fingerprint density at radius 3 is 2.81 bits per heavy atom. The fraction of sp³-hybridized carbons (Fsp3) is 0.273. The maximum atomic E-state index is 9.62. The van der Waals surface area contributed by atoms with Gasteiger partial charge in [0.05, 0.1) is 18.0 Å². The number of benzene rings is 1. The van der Waals surface area contributed by atoms with Gasteiger partial charge in [0.25, 0.3) is 0 Å². The van der Waals surface area contributed by atoms with E-state index in [4.69, 9.17) is 0 Å². The van der Waals surface area contributed by atoms with Crippen LogP contribution in [0, 0.1) is 0 Å². The minimum atomic E-state index is -0.450. The van der Waals surface area contributed by atoms with E-state index in [-0.39, 0.29) is 5.75 Å². The number of hydrogen-bond donors (Lipinski definition) is 2. The lowest BCUT2D eigenvalue weighted by Gasteiger charge is -2.02. The van der Waals surface area contributed by atoms with Gasteiger partial charge >= 0.3 is 0 Å². The van der Waals surface area contributed by atoms with E-state index in [0.29, 0.717) is 17.8 Å². The first-order chi connectivity index (χ1) is 7.66. The maximum absolute atomic E-state index is 9.62. The molecule has 1 aromatic heterocycles. The van der Waals surface area contributed by atoms with Crippen LogP contribution in [-0.2, 0) is 6.42 Å². The highest BCUT2D eigenvalue weighted by molar-refractivity contribution is 5.44. The number of nitrogens with zero attached hydrogens (tertiary/aromatic N) is 3. The third-order valence-corrected chi connectivity index (χ3v) is 2.17. The molecule has 0 aliphatic carbocycles. The SMILES string of the molecule is CC(O)Cc1cn(-c2ccccc2O)nn1. The molecule has 5 heteroatoms. The minimum Gasteiger partial charge on any atom is -0.506 e. The second-order valence-corrected chi connectivity index (χ2v) is 3.70. The molecule has 5 nitrogen and oxygen atoms in total. The number of rotatable bonds is 3. The van der Waals surface area contributed by atoms with Gasteiger partial charge in [0.15, 0.2) is 0 Å². The summed E-state index contributed by atoms with van der Waals surface area (Å²) >= 11 is 0. The van der Waals surface area contributed by atoms with E-state index in [1.54, 1.807) is 31.3 Å². The average molecular weight is 219 g/mol. The average Bonchev–Trinajstić information content (AvgIpc) is 2.66. The first-order valence-electron chi connectivity index (χ1n) is 5.04. The normalized spacial score (nSPS) is 12.6. The van der Waals surface area contributed by atoms with E-state index >= 15 is 0 Å². The van der Waals surface area contributed by atoms with Gasteiger partial charge in [-0.15, -0.1) is 5.10 Å². The van der Waals surface area contributed by atoms with E-state index in [2.05, 4.69) is 10.3 Å². The second-order valence-electron chi connectivity index (χ2n) is 3.70. The summed E-state index contributed by atoms with van der Waals surface area (Å²) in [7, 11) is 0. The summed E-state index contributed by atoms with van der Waals surface area (Å²) in [6.07, 6.45) is 1.70. The van der Waals surface area contributed by atoms with Crippen molar-refractivity contribution in [3.05, 3.63) is 36.2 Å². The molecule has 16 heavy (non-hydrogen) atoms. The molecule has 0 saturated carbocycles. The first-order valence-corrected chi connectivity index (χ1v) is 5.04. The molecule has 0 amide bonds. The van der Waals surface area contributed by atoms with E-state index < -0.39 is 6.10 Å². The van der Waals surface area contributed by atoms with Crippen molar-refractivity contribution in [3.63, 3.8) is 0 Å². The highest BCUT2D eigenvalue weighted by Crippen LogP contribution is 2.19. The zero-order valence-corrected chi connectivity index (χ0v) is 8.91. The fourth-order valence-electron chi connectivity index (χ4n) is 1.47. The number of aliphatic hydroxyl groups excluding tert-OH is 1. The molecular formula is C11H13N3O2. The highest BCUT2D eigenvalue weighted by atomic mass is 16.3. The number of aromatic nitrogens is 3. The summed E-state index contributed by atoms with van der Waals surface area (Å²) in [5, 5.41) is 26.6. The van der Waals surface area contributed by atoms with Crippen LogP contribution in [0.25, 0.3) is 5.69 Å². The smallest absolute Gasteiger partial charge is 0.141 e. The maximum Gasteiger partial charge on any atom is 0.141 e. The molecule has 0 aliphatic rings. The molecule has 1 unspecified atom stereocenters. The van der Waals surface area contributed by atoms with Crippen molar-refractivity contribution in [2.24, 2.45) is 0 Å². The lowest BCUT2D eigenvalue weighted by Crippen LogP contribution is -2.04. The molecule has 1 aromatic carbocycles. The summed E-state index contributed by atoms with van der Waals surface area (Å²) < 4.78 is 1.49. The van der Waals surface area contributed by atoms with Crippen molar-refractivity contribution in [2.45, 2.75) is 19.4 Å². The summed E-state index contributed by atoms with van der Waals surface area (Å²) in [4.78, 5) is 0. The number of aromatic hydroxyl groups is 1. The molecule has 84 valence electrons. The third kappa shape index (κ3) is 2.20. The van der Waals surface area contributed by atoms with Crippen LogP contribution >= 0.6 is 0 Å². The molecule has 0 bridgehead atoms. The standard InChI is InChI=1S/C11H13N3O2/c1-8(15)6-9-7-14(13-12-9)10-4-2-3-5-11(10)16/h2-5,7-8,15-16H,6H2,1H3. The van der Waals surface area contributed by atoms with E-state index in [1.165, 1.54) is 4.68 Å². The Balaban J connectivity index is 2.28. The topological polar surface area (TPSA) is 71.2 Å². The van der Waals surface area contributed by atoms with Gasteiger partial charge in [-0.05, 0) is 19.1 Å². The Kier molecular flexibility index (Phi) is 2.87. The lowest BCUT2D eigenvalue weighted by molar-refractivity contribution is 0.194. The van der Waals surface area contributed by atoms with Gasteiger partial charge in [0, 0.05) is 6.42 Å². The molecular weight excluding hydrogens is 206 g/mol. The van der Waals surface area contributed by atoms with E-state index in [1.807, 2.05) is 6.07 Å². The van der Waals surface area contributed by atoms with Crippen LogP contribution in [0.1, 0.15) is 12.6 Å². The van der Waals surface area contributed by atoms with E-state index in [0.717, 1.165) is 0 Å². The molecule has 2 rings (SSSR count). The van der Waals surface area contributed by atoms with Crippen molar-refractivity contribution in [1.29, 1.82) is 0 Å². The van der Waals surface area contributed by atoms with Crippen molar-refractivity contribution in [3.8, 4) is 11.4 Å². The van der Waals surface area contributed by atoms with Gasteiger partial charge in [0.2, 0.25) is 0 Å². The molecule has 0 saturated heterocycles. The zero-order valence-electron chi connectivity index (χ0n) is 8.91. The van der Waals surface area contributed by atoms with Crippen LogP contribution < -0.4 is 0 Å². The summed E-state index contributed by atoms with van der Waals surface area (Å²) in [6.45, 7) is 1.69. The Bertz CT molecular complexity index is 480. The summed E-state index contributed by atoms with van der Waals surface area (Å²) in [5.74, 6) is 0.149. The quantitative estimate of drug-likeness (QED) is 0.804. The number of aliphatic hydroxyl groups is 1. The predicted octanol–water partition coefficient (Wildman–Crippen LogP) is 0.896. The molecule has 0 fully saturated rings. The van der Waals surface area contributed by atoms with Gasteiger partial charge in [-0.1, -0.05) is 17.3 Å². The summed E-state index contributed by atoms with van der Waals surface area (Å²) in [6, 6.07) is 6.89. The van der Waals surface area contributed by atoms with Crippen molar-refractivity contribution in [1.82, 2.24) is 15.0 Å². The van der Waals surface area contributed by atoms with Crippen LogP contribution in [0.5, 0.6) is 5.75 Å². The highest BCUT2D eigenvalue weighted by Gasteiger charge is 2.07. The number of phenolic OH excluding ortho intramolecular Hbond substituents is 1. The Hall–Kier alpha value is -1.88. The zero-order chi connectivity index (χ0) is 11.5. The number of para-hydroxylation sites is 2. The first kappa shape index (κ1) is 10.6. The molecule has 1 atom stereocenters. The monoisotopic (exact) mass is 219 g/mol. The Morgan fingerprint density at radius 2 is 2.12 bits per heavy atom. The third-order valence-electron chi connectivity index (χ3n) is 2.17. The lowest BCUT2D eigenvalue weighted by atomic mass is 10.2. The van der Waals surface area contributed by atoms with Crippen LogP contribution in [0.3, 0.4) is 0 Å². The molecule has 0 aliphatic heterocycles. The van der Waals surface area contributed by atoms with Crippen LogP contribution in [-0.4, -0.2) is 31.3 Å². The van der Waals surface area contributed by atoms with Crippen LogP contribution in [0.2, 0.25) is 0 Å². The minimum absolute atomic E-state index is 0.149. The molecule has 2 N–H and O–H groups in total. The Labute approximate surface area is 93.0 Å². The molecule has 2 aromatic rings. The molecule has 0 radical (unpaired) electrons. The fourth-order valence-corrected chi connectivity index (χ4v) is 1.47. The molecule has 0 spiro atoms. The van der Waals surface area contributed by atoms with Crippen LogP contribution in [0.4, 0.5) is 0 Å².